The molecule has 2 aromatic carbocycles. The molecule has 2 aromatic rings. The fourth-order valence-corrected chi connectivity index (χ4v) is 5.05. The maximum Gasteiger partial charge on any atom is 0.418 e. The predicted octanol–water partition coefficient (Wildman–Crippen LogP) is 5.13. The monoisotopic (exact) mass is 552 g/mol. The summed E-state index contributed by atoms with van der Waals surface area (Å²) in [5.41, 5.74) is 5.67. The number of hydrogen-bond donors (Lipinski definition) is 2. The van der Waals surface area contributed by atoms with E-state index >= 15 is 0 Å². The van der Waals surface area contributed by atoms with Gasteiger partial charge in [0.2, 0.25) is 0 Å². The zero-order chi connectivity index (χ0) is 27.6. The van der Waals surface area contributed by atoms with Gasteiger partial charge in [-0.15, -0.1) is 0 Å². The van der Waals surface area contributed by atoms with Gasteiger partial charge in [0, 0.05) is 37.8 Å². The van der Waals surface area contributed by atoms with Crippen LogP contribution in [0.3, 0.4) is 0 Å². The van der Waals surface area contributed by atoms with Crippen LogP contribution in [-0.4, -0.2) is 59.5 Å². The lowest BCUT2D eigenvalue weighted by molar-refractivity contribution is -0.137. The van der Waals surface area contributed by atoms with Gasteiger partial charge in [0.15, 0.2) is 11.9 Å². The van der Waals surface area contributed by atoms with E-state index in [1.807, 2.05) is 24.3 Å². The van der Waals surface area contributed by atoms with Crippen molar-refractivity contribution in [2.24, 2.45) is 0 Å². The molecule has 0 bridgehead atoms. The van der Waals surface area contributed by atoms with E-state index in [9.17, 15) is 27.6 Å². The molecule has 3 amide bonds. The minimum atomic E-state index is -4.73. The van der Waals surface area contributed by atoms with Crippen LogP contribution in [0, 0.1) is 0 Å². The number of nitrogen functional groups attached to an aromatic ring is 1. The van der Waals surface area contributed by atoms with E-state index in [-0.39, 0.29) is 29.1 Å². The number of likely N-dealkylation sites (tertiary alicyclic amines) is 1. The number of para-hydroxylation sites is 1. The van der Waals surface area contributed by atoms with Crippen molar-refractivity contribution in [3.63, 3.8) is 0 Å². The number of piperidine rings is 1. The predicted molar refractivity (Wildman–Crippen MR) is 136 cm³/mol. The number of fused-ring (bicyclic) bond motifs is 1. The van der Waals surface area contributed by atoms with Gasteiger partial charge in [-0.05, 0) is 55.5 Å². The summed E-state index contributed by atoms with van der Waals surface area (Å²) in [4.78, 5) is 41.0. The molecule has 0 aliphatic carbocycles. The molecule has 0 aromatic heterocycles. The third-order valence-electron chi connectivity index (χ3n) is 6.92. The highest BCUT2D eigenvalue weighted by atomic mass is 35.5. The van der Waals surface area contributed by atoms with Gasteiger partial charge in [-0.2, -0.15) is 13.2 Å². The number of carbonyl (C=O) groups excluding carboxylic acids is 3. The van der Waals surface area contributed by atoms with Gasteiger partial charge < -0.3 is 25.6 Å². The smallest absolute Gasteiger partial charge is 0.418 e. The van der Waals surface area contributed by atoms with E-state index in [1.54, 1.807) is 4.90 Å². The first kappa shape index (κ1) is 27.6. The first-order valence-corrected chi connectivity index (χ1v) is 12.6. The summed E-state index contributed by atoms with van der Waals surface area (Å²) in [5, 5.41) is 2.64. The van der Waals surface area contributed by atoms with Gasteiger partial charge in [-0.25, -0.2) is 9.59 Å². The minimum Gasteiger partial charge on any atom is -0.438 e. The van der Waals surface area contributed by atoms with Crippen molar-refractivity contribution in [1.82, 2.24) is 9.80 Å². The van der Waals surface area contributed by atoms with Crippen LogP contribution >= 0.6 is 11.6 Å². The molecule has 204 valence electrons. The highest BCUT2D eigenvalue weighted by Crippen LogP contribution is 2.38. The zero-order valence-electron chi connectivity index (χ0n) is 20.7. The Balaban J connectivity index is 1.36. The van der Waals surface area contributed by atoms with Gasteiger partial charge in [-0.1, -0.05) is 29.8 Å². The number of rotatable bonds is 5. The van der Waals surface area contributed by atoms with Crippen LogP contribution in [0.4, 0.5) is 34.1 Å². The SMILES string of the molecule is CC(=O)[C@@H](Cc1cc(Cl)c(N)c(C(F)(F)F)c1)OC(=O)N1CCC(N2CCc3ccccc3NC2=O)CC1. The van der Waals surface area contributed by atoms with Crippen LogP contribution in [0.25, 0.3) is 0 Å². The van der Waals surface area contributed by atoms with Crippen LogP contribution < -0.4 is 11.1 Å². The fraction of sp³-hybridized carbons (Fsp3) is 0.423. The van der Waals surface area contributed by atoms with Crippen LogP contribution in [0.2, 0.25) is 5.02 Å². The fourth-order valence-electron chi connectivity index (χ4n) is 4.80. The van der Waals surface area contributed by atoms with E-state index in [0.717, 1.165) is 17.3 Å². The zero-order valence-corrected chi connectivity index (χ0v) is 21.4. The number of ether oxygens (including phenoxy) is 1. The summed E-state index contributed by atoms with van der Waals surface area (Å²) in [6.07, 6.45) is -5.30. The van der Waals surface area contributed by atoms with E-state index in [2.05, 4.69) is 5.32 Å². The number of alkyl halides is 3. The Hall–Kier alpha value is -3.47. The molecular weight excluding hydrogens is 525 g/mol. The van der Waals surface area contributed by atoms with Crippen molar-refractivity contribution in [2.45, 2.75) is 50.9 Å². The number of nitrogens with one attached hydrogen (secondary N) is 1. The number of halogens is 4. The summed E-state index contributed by atoms with van der Waals surface area (Å²) >= 11 is 5.88. The minimum absolute atomic E-state index is 0.0661. The molecule has 3 N–H and O–H groups in total. The summed E-state index contributed by atoms with van der Waals surface area (Å²) in [5.74, 6) is -0.518. The normalized spacial score (nSPS) is 17.3. The van der Waals surface area contributed by atoms with E-state index in [1.165, 1.54) is 17.9 Å². The highest BCUT2D eigenvalue weighted by molar-refractivity contribution is 6.33. The average molecular weight is 553 g/mol. The summed E-state index contributed by atoms with van der Waals surface area (Å²) in [7, 11) is 0. The molecule has 0 spiro atoms. The van der Waals surface area contributed by atoms with Crippen molar-refractivity contribution in [2.75, 3.05) is 30.7 Å². The molecule has 0 unspecified atom stereocenters. The number of ketones is 1. The van der Waals surface area contributed by atoms with Crippen LogP contribution in [-0.2, 0) is 28.5 Å². The molecule has 1 saturated heterocycles. The number of anilines is 2. The number of carbonyl (C=O) groups is 3. The van der Waals surface area contributed by atoms with Gasteiger partial charge in [0.05, 0.1) is 16.3 Å². The molecule has 0 saturated carbocycles. The van der Waals surface area contributed by atoms with Gasteiger partial charge in [0.1, 0.15) is 0 Å². The first-order valence-electron chi connectivity index (χ1n) is 12.2. The third kappa shape index (κ3) is 6.15. The molecule has 2 aliphatic heterocycles. The number of hydrogen-bond acceptors (Lipinski definition) is 5. The third-order valence-corrected chi connectivity index (χ3v) is 7.23. The Morgan fingerprint density at radius 3 is 2.53 bits per heavy atom. The first-order chi connectivity index (χ1) is 17.9. The Bertz CT molecular complexity index is 1230. The lowest BCUT2D eigenvalue weighted by Gasteiger charge is -2.37. The standard InChI is InChI=1S/C26H28ClF3N4O4/c1-15(35)22(14-16-12-19(26(28,29)30)23(31)20(27)13-16)38-25(37)33-9-7-18(8-10-33)34-11-6-17-4-2-3-5-21(17)32-24(34)36/h2-5,12-13,18,22H,6-11,14,31H2,1H3,(H,32,36)/t22-/m1/s1. The Morgan fingerprint density at radius 2 is 1.87 bits per heavy atom. The Kier molecular flexibility index (Phi) is 8.05. The highest BCUT2D eigenvalue weighted by Gasteiger charge is 2.36. The second kappa shape index (κ2) is 11.1. The van der Waals surface area contributed by atoms with Crippen LogP contribution in [0.5, 0.6) is 0 Å². The number of benzene rings is 2. The second-order valence-corrected chi connectivity index (χ2v) is 9.88. The van der Waals surface area contributed by atoms with E-state index in [4.69, 9.17) is 22.1 Å². The number of urea groups is 1. The van der Waals surface area contributed by atoms with Crippen molar-refractivity contribution in [3.8, 4) is 0 Å². The molecule has 1 atom stereocenters. The molecule has 38 heavy (non-hydrogen) atoms. The van der Waals surface area contributed by atoms with Crippen LogP contribution in [0.15, 0.2) is 36.4 Å². The van der Waals surface area contributed by atoms with Gasteiger partial charge >= 0.3 is 18.3 Å². The maximum absolute atomic E-state index is 13.3. The molecular formula is C26H28ClF3N4O4. The lowest BCUT2D eigenvalue weighted by atomic mass is 10.0. The van der Waals surface area contributed by atoms with E-state index < -0.39 is 35.4 Å². The summed E-state index contributed by atoms with van der Waals surface area (Å²) < 4.78 is 45.3. The van der Waals surface area contributed by atoms with Crippen molar-refractivity contribution >= 4 is 40.9 Å². The largest absolute Gasteiger partial charge is 0.438 e. The molecule has 0 radical (unpaired) electrons. The molecule has 12 heteroatoms. The molecule has 2 heterocycles. The molecule has 2 aliphatic rings. The van der Waals surface area contributed by atoms with Crippen molar-refractivity contribution in [1.29, 1.82) is 0 Å². The van der Waals surface area contributed by atoms with E-state index in [0.29, 0.717) is 38.9 Å². The number of nitrogens with two attached hydrogens (primary N) is 1. The maximum atomic E-state index is 13.3. The Morgan fingerprint density at radius 1 is 1.18 bits per heavy atom. The van der Waals surface area contributed by atoms with Crippen LogP contribution in [0.1, 0.15) is 36.5 Å². The summed E-state index contributed by atoms with van der Waals surface area (Å²) in [6, 6.07) is 9.41. The number of amides is 3. The number of Topliss-reactive ketones (excluding diaryl/α,β-unsaturated/α-hetero) is 1. The topological polar surface area (TPSA) is 105 Å². The quantitative estimate of drug-likeness (QED) is 0.500. The van der Waals surface area contributed by atoms with Crippen molar-refractivity contribution < 1.29 is 32.3 Å². The molecule has 4 rings (SSSR count). The number of nitrogens with zero attached hydrogens (tertiary/aromatic N) is 2. The molecule has 1 fully saturated rings. The second-order valence-electron chi connectivity index (χ2n) is 9.47. The average Bonchev–Trinajstić information content (AvgIpc) is 3.03. The summed E-state index contributed by atoms with van der Waals surface area (Å²) in [6.45, 7) is 2.35. The van der Waals surface area contributed by atoms with Crippen molar-refractivity contribution in [3.05, 3.63) is 58.1 Å². The lowest BCUT2D eigenvalue weighted by Crippen LogP contribution is -2.50. The Labute approximate surface area is 222 Å². The van der Waals surface area contributed by atoms with Gasteiger partial charge in [-0.3, -0.25) is 4.79 Å². The van der Waals surface area contributed by atoms with Gasteiger partial charge in [0.25, 0.3) is 0 Å². The molecule has 8 nitrogen and oxygen atoms in total.